The van der Waals surface area contributed by atoms with Gasteiger partial charge in [-0.25, -0.2) is 9.18 Å². The van der Waals surface area contributed by atoms with Gasteiger partial charge in [0.15, 0.2) is 0 Å². The van der Waals surface area contributed by atoms with Crippen molar-refractivity contribution in [2.75, 3.05) is 35.2 Å². The summed E-state index contributed by atoms with van der Waals surface area (Å²) in [5, 5.41) is 8.75. The molecule has 0 radical (unpaired) electrons. The molecule has 0 saturated carbocycles. The predicted octanol–water partition coefficient (Wildman–Crippen LogP) is 2.37. The Kier molecular flexibility index (Phi) is 6.05. The van der Waals surface area contributed by atoms with Crippen molar-refractivity contribution < 1.29 is 26.9 Å². The van der Waals surface area contributed by atoms with Crippen molar-refractivity contribution in [1.29, 1.82) is 5.26 Å². The summed E-state index contributed by atoms with van der Waals surface area (Å²) in [6.45, 7) is 1.09. The van der Waals surface area contributed by atoms with Crippen LogP contribution in [0.3, 0.4) is 0 Å². The number of halogens is 1. The summed E-state index contributed by atoms with van der Waals surface area (Å²) in [5.41, 5.74) is 1.43. The molecule has 10 heteroatoms. The van der Waals surface area contributed by atoms with Crippen LogP contribution in [-0.2, 0) is 14.9 Å². The molecule has 3 rings (SSSR count). The monoisotopic (exact) mass is 411 g/mol. The van der Waals surface area contributed by atoms with E-state index in [-0.39, 0.29) is 31.8 Å². The highest BCUT2D eigenvalue weighted by Crippen LogP contribution is 2.30. The number of nitriles is 1. The van der Waals surface area contributed by atoms with E-state index in [9.17, 15) is 17.6 Å². The molecule has 2 unspecified atom stereocenters. The predicted molar refractivity (Wildman–Crippen MR) is 101 cm³/mol. The maximum atomic E-state index is 14.2. The molecule has 2 aliphatic rings. The zero-order valence-electron chi connectivity index (χ0n) is 15.2. The molecular formula is C18H22FN3O5S. The van der Waals surface area contributed by atoms with Crippen molar-refractivity contribution >= 4 is 27.6 Å². The second kappa shape index (κ2) is 8.32. The van der Waals surface area contributed by atoms with Crippen LogP contribution in [0.4, 0.5) is 20.6 Å². The first-order chi connectivity index (χ1) is 13.3. The summed E-state index contributed by atoms with van der Waals surface area (Å²) >= 11 is 0. The van der Waals surface area contributed by atoms with Crippen molar-refractivity contribution in [3.05, 3.63) is 24.3 Å². The van der Waals surface area contributed by atoms with Gasteiger partial charge in [-0.15, -0.1) is 0 Å². The van der Waals surface area contributed by atoms with Crippen LogP contribution in [0.2, 0.25) is 0 Å². The quantitative estimate of drug-likeness (QED) is 0.715. The largest absolute Gasteiger partial charge is 0.444 e. The molecule has 28 heavy (non-hydrogen) atoms. The number of carbonyl (C=O) groups excluding carboxylic acids is 1. The maximum Gasteiger partial charge on any atom is 0.414 e. The summed E-state index contributed by atoms with van der Waals surface area (Å²) in [7, 11) is -4.11. The molecule has 0 aliphatic carbocycles. The smallest absolute Gasteiger partial charge is 0.414 e. The normalized spacial score (nSPS) is 25.5. The standard InChI is InChI=1S/C18H22FN3O5S/c19-17-12-21(9-6-13(17)5-8-20)14-1-3-15(4-2-14)22-11-16(27-18(22)23)7-10-28(24,25)26/h1-4,13,16-17H,5-7,9-12H2,(H,24,25,26)/t13?,16-,17?/m1/s1. The number of carbonyl (C=O) groups is 1. The van der Waals surface area contributed by atoms with Crippen LogP contribution in [0.15, 0.2) is 24.3 Å². The van der Waals surface area contributed by atoms with Crippen molar-refractivity contribution in [2.24, 2.45) is 5.92 Å². The van der Waals surface area contributed by atoms with E-state index in [0.29, 0.717) is 18.7 Å². The third-order valence-corrected chi connectivity index (χ3v) is 5.88. The lowest BCUT2D eigenvalue weighted by Crippen LogP contribution is -2.41. The number of nitrogens with zero attached hydrogens (tertiary/aromatic N) is 3. The average molecular weight is 411 g/mol. The first kappa shape index (κ1) is 20.4. The summed E-state index contributed by atoms with van der Waals surface area (Å²) in [5.74, 6) is -0.691. The number of amides is 1. The van der Waals surface area contributed by atoms with E-state index in [1.54, 1.807) is 24.3 Å². The molecule has 2 aliphatic heterocycles. The number of anilines is 2. The minimum Gasteiger partial charge on any atom is -0.444 e. The molecule has 1 amide bonds. The Balaban J connectivity index is 1.60. The third kappa shape index (κ3) is 4.91. The molecule has 2 fully saturated rings. The van der Waals surface area contributed by atoms with Crippen molar-refractivity contribution in [3.8, 4) is 6.07 Å². The highest BCUT2D eigenvalue weighted by Gasteiger charge is 2.33. The average Bonchev–Trinajstić information content (AvgIpc) is 3.02. The van der Waals surface area contributed by atoms with Crippen LogP contribution in [0, 0.1) is 17.2 Å². The summed E-state index contributed by atoms with van der Waals surface area (Å²) in [6.07, 6.45) is -1.37. The van der Waals surface area contributed by atoms with Crippen LogP contribution in [0.1, 0.15) is 19.3 Å². The topological polar surface area (TPSA) is 111 Å². The first-order valence-electron chi connectivity index (χ1n) is 9.06. The Labute approximate surface area is 163 Å². The van der Waals surface area contributed by atoms with Gasteiger partial charge in [-0.3, -0.25) is 9.45 Å². The molecule has 1 aromatic rings. The first-order valence-corrected chi connectivity index (χ1v) is 10.7. The molecular weight excluding hydrogens is 389 g/mol. The Hall–Kier alpha value is -2.38. The second-order valence-corrected chi connectivity index (χ2v) is 8.65. The Bertz CT molecular complexity index is 855. The number of hydrogen-bond acceptors (Lipinski definition) is 6. The second-order valence-electron chi connectivity index (χ2n) is 7.08. The van der Waals surface area contributed by atoms with Gasteiger partial charge in [-0.1, -0.05) is 0 Å². The lowest BCUT2D eigenvalue weighted by atomic mass is 9.92. The highest BCUT2D eigenvalue weighted by atomic mass is 32.2. The molecule has 2 heterocycles. The number of hydrogen-bond donors (Lipinski definition) is 1. The number of piperidine rings is 1. The molecule has 1 aromatic carbocycles. The minimum absolute atomic E-state index is 0.0225. The van der Waals surface area contributed by atoms with Crippen molar-refractivity contribution in [3.63, 3.8) is 0 Å². The van der Waals surface area contributed by atoms with Crippen LogP contribution >= 0.6 is 0 Å². The van der Waals surface area contributed by atoms with E-state index in [1.807, 2.05) is 11.0 Å². The zero-order valence-corrected chi connectivity index (χ0v) is 16.0. The number of alkyl halides is 1. The lowest BCUT2D eigenvalue weighted by Gasteiger charge is -2.35. The van der Waals surface area contributed by atoms with E-state index < -0.39 is 34.2 Å². The number of cyclic esters (lactones) is 1. The molecule has 2 saturated heterocycles. The van der Waals surface area contributed by atoms with E-state index >= 15 is 0 Å². The van der Waals surface area contributed by atoms with Crippen LogP contribution in [-0.4, -0.2) is 56.7 Å². The molecule has 3 atom stereocenters. The fraction of sp³-hybridized carbons (Fsp3) is 0.556. The molecule has 0 aromatic heterocycles. The van der Waals surface area contributed by atoms with Gasteiger partial charge in [0.05, 0.1) is 18.4 Å². The van der Waals surface area contributed by atoms with Gasteiger partial charge >= 0.3 is 6.09 Å². The summed E-state index contributed by atoms with van der Waals surface area (Å²) < 4.78 is 49.9. The number of ether oxygens (including phenoxy) is 1. The lowest BCUT2D eigenvalue weighted by molar-refractivity contribution is 0.139. The van der Waals surface area contributed by atoms with Gasteiger partial charge in [0, 0.05) is 43.2 Å². The molecule has 0 bridgehead atoms. The van der Waals surface area contributed by atoms with Crippen molar-refractivity contribution in [2.45, 2.75) is 31.5 Å². The van der Waals surface area contributed by atoms with Gasteiger partial charge in [0.2, 0.25) is 0 Å². The van der Waals surface area contributed by atoms with E-state index in [2.05, 4.69) is 0 Å². The Morgan fingerprint density at radius 3 is 2.54 bits per heavy atom. The number of benzene rings is 1. The van der Waals surface area contributed by atoms with E-state index in [1.165, 1.54) is 4.90 Å². The zero-order chi connectivity index (χ0) is 20.3. The molecule has 0 spiro atoms. The molecule has 8 nitrogen and oxygen atoms in total. The highest BCUT2D eigenvalue weighted by molar-refractivity contribution is 7.85. The fourth-order valence-electron chi connectivity index (χ4n) is 3.54. The van der Waals surface area contributed by atoms with Crippen LogP contribution < -0.4 is 9.80 Å². The van der Waals surface area contributed by atoms with Gasteiger partial charge in [-0.05, 0) is 30.7 Å². The van der Waals surface area contributed by atoms with Gasteiger partial charge in [-0.2, -0.15) is 13.7 Å². The van der Waals surface area contributed by atoms with E-state index in [0.717, 1.165) is 5.69 Å². The van der Waals surface area contributed by atoms with E-state index in [4.69, 9.17) is 14.6 Å². The fourth-order valence-corrected chi connectivity index (χ4v) is 4.10. The Morgan fingerprint density at radius 2 is 1.93 bits per heavy atom. The van der Waals surface area contributed by atoms with Gasteiger partial charge < -0.3 is 9.64 Å². The Morgan fingerprint density at radius 1 is 1.25 bits per heavy atom. The number of rotatable bonds is 6. The van der Waals surface area contributed by atoms with Crippen LogP contribution in [0.25, 0.3) is 0 Å². The van der Waals surface area contributed by atoms with Gasteiger partial charge in [0.25, 0.3) is 10.1 Å². The van der Waals surface area contributed by atoms with Gasteiger partial charge in [0.1, 0.15) is 12.3 Å². The minimum atomic E-state index is -4.11. The summed E-state index contributed by atoms with van der Waals surface area (Å²) in [4.78, 5) is 15.4. The van der Waals surface area contributed by atoms with Crippen molar-refractivity contribution in [1.82, 2.24) is 0 Å². The third-order valence-electron chi connectivity index (χ3n) is 5.13. The van der Waals surface area contributed by atoms with Crippen LogP contribution in [0.5, 0.6) is 0 Å². The molecule has 152 valence electrons. The SMILES string of the molecule is N#CCC1CCN(c2ccc(N3C[C@@H](CCS(=O)(=O)O)OC3=O)cc2)CC1F. The molecule has 1 N–H and O–H groups in total. The summed E-state index contributed by atoms with van der Waals surface area (Å²) in [6, 6.07) is 9.09. The maximum absolute atomic E-state index is 14.2.